The van der Waals surface area contributed by atoms with E-state index in [1.165, 1.54) is 23.1 Å². The van der Waals surface area contributed by atoms with Gasteiger partial charge in [0, 0.05) is 30.4 Å². The molecular weight excluding hydrogens is 414 g/mol. The average Bonchev–Trinajstić information content (AvgIpc) is 3.61. The van der Waals surface area contributed by atoms with Crippen molar-refractivity contribution >= 4 is 29.1 Å². The first-order valence-electron chi connectivity index (χ1n) is 10.2. The maximum atomic E-state index is 13.0. The van der Waals surface area contributed by atoms with Gasteiger partial charge in [-0.05, 0) is 37.8 Å². The van der Waals surface area contributed by atoms with E-state index in [0.717, 1.165) is 25.7 Å². The van der Waals surface area contributed by atoms with Crippen molar-refractivity contribution in [3.05, 3.63) is 18.2 Å². The van der Waals surface area contributed by atoms with E-state index < -0.39 is 24.5 Å². The maximum absolute atomic E-state index is 13.0. The van der Waals surface area contributed by atoms with E-state index >= 15 is 0 Å². The largest absolute Gasteiger partial charge is 0.433 e. The lowest BCUT2D eigenvalue weighted by molar-refractivity contribution is -0.133. The number of hydrogen-bond donors (Lipinski definition) is 2. The van der Waals surface area contributed by atoms with Gasteiger partial charge in [-0.2, -0.15) is 8.78 Å². The first-order chi connectivity index (χ1) is 14.8. The number of primary amides is 1. The van der Waals surface area contributed by atoms with Crippen molar-refractivity contribution in [1.82, 2.24) is 4.90 Å². The number of nitrogens with one attached hydrogen (secondary N) is 1. The highest BCUT2D eigenvalue weighted by molar-refractivity contribution is 6.10. The number of nitrogens with two attached hydrogens (primary N) is 1. The van der Waals surface area contributed by atoms with Crippen molar-refractivity contribution in [2.75, 3.05) is 30.0 Å². The van der Waals surface area contributed by atoms with Crippen molar-refractivity contribution in [3.8, 4) is 5.75 Å². The minimum Gasteiger partial charge on any atom is -0.433 e. The van der Waals surface area contributed by atoms with Gasteiger partial charge in [0.2, 0.25) is 5.91 Å². The van der Waals surface area contributed by atoms with Gasteiger partial charge in [-0.1, -0.05) is 0 Å². The second-order valence-electron chi connectivity index (χ2n) is 7.86. The minimum absolute atomic E-state index is 0.149. The van der Waals surface area contributed by atoms with Crippen LogP contribution in [0.1, 0.15) is 25.7 Å². The van der Waals surface area contributed by atoms with Crippen LogP contribution >= 0.6 is 0 Å². The molecular formula is C20H24F2N4O5. The Morgan fingerprint density at radius 3 is 2.45 bits per heavy atom. The monoisotopic (exact) mass is 438 g/mol. The molecule has 1 aliphatic heterocycles. The molecule has 4 rings (SSSR count). The third kappa shape index (κ3) is 4.93. The molecule has 31 heavy (non-hydrogen) atoms. The zero-order valence-corrected chi connectivity index (χ0v) is 16.8. The van der Waals surface area contributed by atoms with Crippen LogP contribution < -0.4 is 20.7 Å². The molecule has 2 saturated carbocycles. The smallest absolute Gasteiger partial charge is 0.387 e. The lowest BCUT2D eigenvalue weighted by Crippen LogP contribution is -2.54. The highest BCUT2D eigenvalue weighted by Crippen LogP contribution is 2.39. The standard InChI is InChI=1S/C20H24F2N4O5/c21-20(22)31-15-9-11(1-6-14(15)25-7-8-30-10-16(25)27)24-19(29)17(18(23)28)26(12-2-3-12)13-4-5-13/h1,6,9,12-13,17,20H,2-5,7-8,10H2,(H2,23,28)(H,24,29)/t17-/m0/s1. The molecule has 9 nitrogen and oxygen atoms in total. The van der Waals surface area contributed by atoms with Crippen LogP contribution in [-0.4, -0.2) is 67.1 Å². The lowest BCUT2D eigenvalue weighted by atomic mass is 10.1. The number of alkyl halides is 2. The molecule has 1 aromatic carbocycles. The van der Waals surface area contributed by atoms with Crippen LogP contribution in [0, 0.1) is 0 Å². The zero-order valence-electron chi connectivity index (χ0n) is 16.8. The van der Waals surface area contributed by atoms with Crippen molar-refractivity contribution in [2.45, 2.75) is 50.4 Å². The highest BCUT2D eigenvalue weighted by Gasteiger charge is 2.47. The number of amides is 3. The van der Waals surface area contributed by atoms with E-state index in [-0.39, 0.29) is 54.9 Å². The Hall–Kier alpha value is -2.79. The number of ether oxygens (including phenoxy) is 2. The van der Waals surface area contributed by atoms with Crippen molar-refractivity contribution < 1.29 is 32.6 Å². The van der Waals surface area contributed by atoms with E-state index in [9.17, 15) is 23.2 Å². The van der Waals surface area contributed by atoms with Crippen LogP contribution in [0.25, 0.3) is 0 Å². The normalized spacial score (nSPS) is 20.1. The lowest BCUT2D eigenvalue weighted by Gasteiger charge is -2.29. The quantitative estimate of drug-likeness (QED) is 0.558. The summed E-state index contributed by atoms with van der Waals surface area (Å²) in [6.45, 7) is -2.84. The van der Waals surface area contributed by atoms with Gasteiger partial charge in [0.1, 0.15) is 6.61 Å². The van der Waals surface area contributed by atoms with E-state index in [0.29, 0.717) is 0 Å². The Labute approximate surface area is 177 Å². The van der Waals surface area contributed by atoms with E-state index in [2.05, 4.69) is 10.1 Å². The minimum atomic E-state index is -3.13. The summed E-state index contributed by atoms with van der Waals surface area (Å²) in [6, 6.07) is 3.25. The number of halogens is 2. The summed E-state index contributed by atoms with van der Waals surface area (Å²) in [7, 11) is 0. The SMILES string of the molecule is NC(=O)[C@@H](C(=O)Nc1ccc(N2CCOCC2=O)c(OC(F)F)c1)N(C1CC1)C1CC1. The van der Waals surface area contributed by atoms with Crippen LogP contribution in [0.15, 0.2) is 18.2 Å². The third-order valence-electron chi connectivity index (χ3n) is 5.47. The number of anilines is 2. The van der Waals surface area contributed by atoms with Crippen LogP contribution in [0.5, 0.6) is 5.75 Å². The molecule has 3 N–H and O–H groups in total. The van der Waals surface area contributed by atoms with Gasteiger partial charge in [-0.3, -0.25) is 19.3 Å². The molecule has 2 aliphatic carbocycles. The van der Waals surface area contributed by atoms with E-state index in [1.807, 2.05) is 4.90 Å². The molecule has 1 atom stereocenters. The number of carbonyl (C=O) groups excluding carboxylic acids is 3. The molecule has 1 aromatic rings. The van der Waals surface area contributed by atoms with Crippen LogP contribution in [0.4, 0.5) is 20.2 Å². The molecule has 1 saturated heterocycles. The van der Waals surface area contributed by atoms with Gasteiger partial charge in [0.15, 0.2) is 11.8 Å². The van der Waals surface area contributed by atoms with Gasteiger partial charge in [0.05, 0.1) is 12.3 Å². The molecule has 1 heterocycles. The van der Waals surface area contributed by atoms with Gasteiger partial charge in [-0.25, -0.2) is 0 Å². The number of carbonyl (C=O) groups is 3. The first-order valence-corrected chi connectivity index (χ1v) is 10.2. The summed E-state index contributed by atoms with van der Waals surface area (Å²) >= 11 is 0. The van der Waals surface area contributed by atoms with Crippen molar-refractivity contribution in [2.24, 2.45) is 5.73 Å². The summed E-state index contributed by atoms with van der Waals surface area (Å²) in [4.78, 5) is 40.3. The molecule has 11 heteroatoms. The molecule has 0 radical (unpaired) electrons. The van der Waals surface area contributed by atoms with Crippen molar-refractivity contribution in [1.29, 1.82) is 0 Å². The van der Waals surface area contributed by atoms with Crippen molar-refractivity contribution in [3.63, 3.8) is 0 Å². The van der Waals surface area contributed by atoms with Crippen LogP contribution in [0.3, 0.4) is 0 Å². The first kappa shape index (κ1) is 21.4. The topological polar surface area (TPSA) is 114 Å². The second-order valence-corrected chi connectivity index (χ2v) is 7.86. The fourth-order valence-electron chi connectivity index (χ4n) is 3.87. The summed E-state index contributed by atoms with van der Waals surface area (Å²) in [5.41, 5.74) is 5.84. The summed E-state index contributed by atoms with van der Waals surface area (Å²) in [6.07, 6.45) is 3.62. The summed E-state index contributed by atoms with van der Waals surface area (Å²) < 4.78 is 35.6. The average molecular weight is 438 g/mol. The van der Waals surface area contributed by atoms with Gasteiger partial charge in [0.25, 0.3) is 11.8 Å². The Bertz CT molecular complexity index is 863. The Kier molecular flexibility index (Phi) is 6.05. The molecule has 3 fully saturated rings. The number of rotatable bonds is 9. The molecule has 0 spiro atoms. The molecule has 0 bridgehead atoms. The molecule has 0 unspecified atom stereocenters. The fourth-order valence-corrected chi connectivity index (χ4v) is 3.87. The van der Waals surface area contributed by atoms with Gasteiger partial charge >= 0.3 is 6.61 Å². The Balaban J connectivity index is 1.56. The van der Waals surface area contributed by atoms with Crippen LogP contribution in [0.2, 0.25) is 0 Å². The van der Waals surface area contributed by atoms with E-state index in [1.54, 1.807) is 0 Å². The maximum Gasteiger partial charge on any atom is 0.387 e. The summed E-state index contributed by atoms with van der Waals surface area (Å²) in [5.74, 6) is -2.03. The number of nitrogens with zero attached hydrogens (tertiary/aromatic N) is 2. The van der Waals surface area contributed by atoms with Gasteiger partial charge in [-0.15, -0.1) is 0 Å². The summed E-state index contributed by atoms with van der Waals surface area (Å²) in [5, 5.41) is 2.59. The van der Waals surface area contributed by atoms with E-state index in [4.69, 9.17) is 10.5 Å². The number of morpholine rings is 1. The van der Waals surface area contributed by atoms with Crippen LogP contribution in [-0.2, 0) is 19.1 Å². The van der Waals surface area contributed by atoms with Gasteiger partial charge < -0.3 is 25.4 Å². The predicted molar refractivity (Wildman–Crippen MR) is 106 cm³/mol. The zero-order chi connectivity index (χ0) is 22.1. The molecule has 3 aliphatic rings. The molecule has 168 valence electrons. The Morgan fingerprint density at radius 2 is 1.90 bits per heavy atom. The second kappa shape index (κ2) is 8.75. The molecule has 3 amide bonds. The number of benzene rings is 1. The molecule has 0 aromatic heterocycles. The number of hydrogen-bond acceptors (Lipinski definition) is 6. The highest BCUT2D eigenvalue weighted by atomic mass is 19.3. The predicted octanol–water partition coefficient (Wildman–Crippen LogP) is 1.07. The fraction of sp³-hybridized carbons (Fsp3) is 0.550. The Morgan fingerprint density at radius 1 is 1.23 bits per heavy atom. The third-order valence-corrected chi connectivity index (χ3v) is 5.47.